The van der Waals surface area contributed by atoms with Gasteiger partial charge in [-0.05, 0) is 6.07 Å². The van der Waals surface area contributed by atoms with Crippen LogP contribution in [0.15, 0.2) is 60.0 Å². The molecule has 0 spiro atoms. The number of nitro groups is 1. The molecule has 0 saturated carbocycles. The molecule has 0 atom stereocenters. The number of nitro benzene ring substituents is 1. The van der Waals surface area contributed by atoms with Crippen molar-refractivity contribution in [2.24, 2.45) is 0 Å². The molecule has 1 aromatic heterocycles. The van der Waals surface area contributed by atoms with Crippen molar-refractivity contribution in [2.75, 3.05) is 6.54 Å². The van der Waals surface area contributed by atoms with E-state index in [4.69, 9.17) is 4.74 Å². The van der Waals surface area contributed by atoms with Gasteiger partial charge < -0.3 is 10.1 Å². The maximum atomic E-state index is 12.0. The SMILES string of the molecule is O=C(CNC(=O)c1cccc([N+](=O)[O-])c1)OCc1csc(-c2ccccc2)n1. The number of non-ortho nitro benzene ring substituents is 1. The van der Waals surface area contributed by atoms with E-state index in [0.717, 1.165) is 16.6 Å². The molecule has 1 N–H and O–H groups in total. The summed E-state index contributed by atoms with van der Waals surface area (Å²) >= 11 is 1.45. The highest BCUT2D eigenvalue weighted by molar-refractivity contribution is 7.13. The molecule has 1 heterocycles. The fraction of sp³-hybridized carbons (Fsp3) is 0.105. The zero-order chi connectivity index (χ0) is 19.9. The van der Waals surface area contributed by atoms with Gasteiger partial charge in [0.15, 0.2) is 0 Å². The Morgan fingerprint density at radius 3 is 2.68 bits per heavy atom. The summed E-state index contributed by atoms with van der Waals surface area (Å²) in [4.78, 5) is 38.4. The number of nitrogens with zero attached hydrogens (tertiary/aromatic N) is 2. The van der Waals surface area contributed by atoms with E-state index in [0.29, 0.717) is 5.69 Å². The normalized spacial score (nSPS) is 10.3. The summed E-state index contributed by atoms with van der Waals surface area (Å²) in [5, 5.41) is 15.8. The van der Waals surface area contributed by atoms with Crippen molar-refractivity contribution in [3.05, 3.63) is 81.3 Å². The van der Waals surface area contributed by atoms with E-state index in [-0.39, 0.29) is 24.4 Å². The lowest BCUT2D eigenvalue weighted by Crippen LogP contribution is -2.30. The molecule has 0 fully saturated rings. The van der Waals surface area contributed by atoms with Crippen LogP contribution in [0, 0.1) is 10.1 Å². The first-order chi connectivity index (χ1) is 13.5. The van der Waals surface area contributed by atoms with Crippen LogP contribution in [-0.4, -0.2) is 28.3 Å². The van der Waals surface area contributed by atoms with E-state index in [1.54, 1.807) is 5.38 Å². The summed E-state index contributed by atoms with van der Waals surface area (Å²) in [7, 11) is 0. The lowest BCUT2D eigenvalue weighted by atomic mass is 10.2. The molecule has 142 valence electrons. The Labute approximate surface area is 164 Å². The second-order valence-electron chi connectivity index (χ2n) is 5.66. The lowest BCUT2D eigenvalue weighted by molar-refractivity contribution is -0.384. The largest absolute Gasteiger partial charge is 0.458 e. The van der Waals surface area contributed by atoms with Crippen LogP contribution < -0.4 is 5.32 Å². The summed E-state index contributed by atoms with van der Waals surface area (Å²) in [6.45, 7) is -0.355. The summed E-state index contributed by atoms with van der Waals surface area (Å²) in [5.74, 6) is -1.23. The third-order valence-corrected chi connectivity index (χ3v) is 4.61. The maximum Gasteiger partial charge on any atom is 0.325 e. The van der Waals surface area contributed by atoms with Gasteiger partial charge in [0.2, 0.25) is 0 Å². The smallest absolute Gasteiger partial charge is 0.325 e. The minimum absolute atomic E-state index is 0.00511. The Hall–Kier alpha value is -3.59. The van der Waals surface area contributed by atoms with E-state index in [9.17, 15) is 19.7 Å². The summed E-state index contributed by atoms with van der Waals surface area (Å²) in [6.07, 6.45) is 0. The number of hydrogen-bond donors (Lipinski definition) is 1. The Morgan fingerprint density at radius 2 is 1.93 bits per heavy atom. The molecule has 0 bridgehead atoms. The maximum absolute atomic E-state index is 12.0. The van der Waals surface area contributed by atoms with Gasteiger partial charge in [0.25, 0.3) is 11.6 Å². The number of carbonyl (C=O) groups excluding carboxylic acids is 2. The van der Waals surface area contributed by atoms with Gasteiger partial charge in [-0.15, -0.1) is 11.3 Å². The molecule has 0 unspecified atom stereocenters. The average Bonchev–Trinajstić information content (AvgIpc) is 3.20. The third kappa shape index (κ3) is 4.98. The molecule has 1 amide bonds. The topological polar surface area (TPSA) is 111 Å². The minimum atomic E-state index is -0.631. The number of aromatic nitrogens is 1. The first kappa shape index (κ1) is 19.2. The number of amides is 1. The standard InChI is InChI=1S/C19H15N3O5S/c23-17(10-20-18(24)14-7-4-8-16(9-14)22(25)26)27-11-15-12-28-19(21-15)13-5-2-1-3-6-13/h1-9,12H,10-11H2,(H,20,24). The van der Waals surface area contributed by atoms with E-state index in [1.807, 2.05) is 30.3 Å². The van der Waals surface area contributed by atoms with Crippen molar-refractivity contribution in [1.29, 1.82) is 0 Å². The number of hydrogen-bond acceptors (Lipinski definition) is 7. The number of rotatable bonds is 7. The monoisotopic (exact) mass is 397 g/mol. The van der Waals surface area contributed by atoms with Gasteiger partial charge in [0, 0.05) is 28.6 Å². The highest BCUT2D eigenvalue weighted by atomic mass is 32.1. The average molecular weight is 397 g/mol. The van der Waals surface area contributed by atoms with Crippen LogP contribution in [0.4, 0.5) is 5.69 Å². The van der Waals surface area contributed by atoms with Crippen LogP contribution >= 0.6 is 11.3 Å². The molecular weight excluding hydrogens is 382 g/mol. The first-order valence-corrected chi connectivity index (χ1v) is 9.09. The van der Waals surface area contributed by atoms with Crippen molar-refractivity contribution in [3.8, 4) is 10.6 Å². The zero-order valence-corrected chi connectivity index (χ0v) is 15.3. The quantitative estimate of drug-likeness (QED) is 0.372. The Morgan fingerprint density at radius 1 is 1.14 bits per heavy atom. The van der Waals surface area contributed by atoms with Gasteiger partial charge in [0.05, 0.1) is 10.6 Å². The fourth-order valence-electron chi connectivity index (χ4n) is 2.31. The first-order valence-electron chi connectivity index (χ1n) is 8.21. The van der Waals surface area contributed by atoms with Crippen molar-refractivity contribution in [2.45, 2.75) is 6.61 Å². The highest BCUT2D eigenvalue weighted by Gasteiger charge is 2.13. The molecule has 0 aliphatic carbocycles. The van der Waals surface area contributed by atoms with Gasteiger partial charge in [0.1, 0.15) is 18.2 Å². The number of esters is 1. The number of carbonyl (C=O) groups is 2. The molecule has 0 radical (unpaired) electrons. The van der Waals surface area contributed by atoms with E-state index >= 15 is 0 Å². The van der Waals surface area contributed by atoms with Gasteiger partial charge in [-0.1, -0.05) is 36.4 Å². The zero-order valence-electron chi connectivity index (χ0n) is 14.5. The van der Waals surface area contributed by atoms with Crippen molar-refractivity contribution in [3.63, 3.8) is 0 Å². The van der Waals surface area contributed by atoms with Gasteiger partial charge in [-0.3, -0.25) is 19.7 Å². The van der Waals surface area contributed by atoms with E-state index in [2.05, 4.69) is 10.3 Å². The van der Waals surface area contributed by atoms with Crippen LogP contribution in [0.1, 0.15) is 16.1 Å². The second-order valence-corrected chi connectivity index (χ2v) is 6.52. The summed E-state index contributed by atoms with van der Waals surface area (Å²) in [5.41, 5.74) is 1.48. The molecule has 0 saturated heterocycles. The molecule has 3 aromatic rings. The third-order valence-electron chi connectivity index (χ3n) is 3.67. The van der Waals surface area contributed by atoms with E-state index in [1.165, 1.54) is 29.5 Å². The number of nitrogens with one attached hydrogen (secondary N) is 1. The Balaban J connectivity index is 1.48. The molecule has 9 heteroatoms. The van der Waals surface area contributed by atoms with Crippen molar-refractivity contribution >= 4 is 28.9 Å². The number of benzene rings is 2. The molecule has 28 heavy (non-hydrogen) atoms. The number of ether oxygens (including phenoxy) is 1. The predicted molar refractivity (Wildman–Crippen MR) is 103 cm³/mol. The van der Waals surface area contributed by atoms with Gasteiger partial charge in [-0.2, -0.15) is 0 Å². The number of thiazole rings is 1. The predicted octanol–water partition coefficient (Wildman–Crippen LogP) is 3.19. The summed E-state index contributed by atoms with van der Waals surface area (Å²) < 4.78 is 5.11. The fourth-order valence-corrected chi connectivity index (χ4v) is 3.12. The van der Waals surface area contributed by atoms with Crippen LogP contribution in [-0.2, 0) is 16.1 Å². The summed E-state index contributed by atoms with van der Waals surface area (Å²) in [6, 6.07) is 14.9. The molecule has 2 aromatic carbocycles. The molecule has 8 nitrogen and oxygen atoms in total. The Kier molecular flexibility index (Phi) is 6.07. The molecule has 3 rings (SSSR count). The van der Waals surface area contributed by atoms with Gasteiger partial charge >= 0.3 is 5.97 Å². The van der Waals surface area contributed by atoms with Crippen LogP contribution in [0.25, 0.3) is 10.6 Å². The molecule has 0 aliphatic heterocycles. The minimum Gasteiger partial charge on any atom is -0.458 e. The van der Waals surface area contributed by atoms with Crippen LogP contribution in [0.2, 0.25) is 0 Å². The van der Waals surface area contributed by atoms with Crippen LogP contribution in [0.5, 0.6) is 0 Å². The molecular formula is C19H15N3O5S. The Bertz CT molecular complexity index is 1000. The van der Waals surface area contributed by atoms with Gasteiger partial charge in [-0.25, -0.2) is 4.98 Å². The highest BCUT2D eigenvalue weighted by Crippen LogP contribution is 2.23. The van der Waals surface area contributed by atoms with Crippen molar-refractivity contribution < 1.29 is 19.2 Å². The van der Waals surface area contributed by atoms with Crippen molar-refractivity contribution in [1.82, 2.24) is 10.3 Å². The molecule has 0 aliphatic rings. The van der Waals surface area contributed by atoms with E-state index < -0.39 is 16.8 Å². The van der Waals surface area contributed by atoms with Crippen LogP contribution in [0.3, 0.4) is 0 Å². The lowest BCUT2D eigenvalue weighted by Gasteiger charge is -2.05. The second kappa shape index (κ2) is 8.87.